The number of nitrogens with zero attached hydrogens (tertiary/aromatic N) is 2. The lowest BCUT2D eigenvalue weighted by molar-refractivity contribution is 0.289. The van der Waals surface area contributed by atoms with E-state index in [0.29, 0.717) is 25.1 Å². The molecule has 0 aliphatic heterocycles. The van der Waals surface area contributed by atoms with Gasteiger partial charge in [-0.15, -0.1) is 0 Å². The Morgan fingerprint density at radius 1 is 1.22 bits per heavy atom. The average Bonchev–Trinajstić information content (AvgIpc) is 2.59. The molecule has 0 radical (unpaired) electrons. The van der Waals surface area contributed by atoms with Gasteiger partial charge in [0.2, 0.25) is 0 Å². The minimum absolute atomic E-state index is 0.0871. The third-order valence-corrected chi connectivity index (χ3v) is 3.54. The summed E-state index contributed by atoms with van der Waals surface area (Å²) in [6, 6.07) is 14.2. The Morgan fingerprint density at radius 2 is 1.96 bits per heavy atom. The summed E-state index contributed by atoms with van der Waals surface area (Å²) in [6.07, 6.45) is 0.610. The fourth-order valence-corrected chi connectivity index (χ4v) is 2.34. The topological polar surface area (TPSA) is 56.5 Å². The van der Waals surface area contributed by atoms with Gasteiger partial charge < -0.3 is 14.7 Å². The molecule has 0 saturated carbocycles. The number of rotatable bonds is 7. The smallest absolute Gasteiger partial charge is 0.165 e. The zero-order chi connectivity index (χ0) is 16.7. The van der Waals surface area contributed by atoms with Crippen LogP contribution in [0.1, 0.15) is 17.5 Å². The quantitative estimate of drug-likeness (QED) is 0.853. The van der Waals surface area contributed by atoms with Crippen LogP contribution >= 0.6 is 0 Å². The first-order chi connectivity index (χ1) is 11.2. The highest BCUT2D eigenvalue weighted by Gasteiger charge is 2.10. The molecular weight excluding hydrogens is 295 g/mol. The van der Waals surface area contributed by atoms with Crippen molar-refractivity contribution in [2.24, 2.45) is 0 Å². The molecule has 0 aliphatic rings. The van der Waals surface area contributed by atoms with E-state index in [1.165, 1.54) is 13.2 Å². The summed E-state index contributed by atoms with van der Waals surface area (Å²) >= 11 is 0. The molecule has 0 saturated heterocycles. The number of halogens is 1. The molecule has 120 valence electrons. The maximum absolute atomic E-state index is 13.8. The molecule has 0 heterocycles. The van der Waals surface area contributed by atoms with Crippen molar-refractivity contribution in [1.82, 2.24) is 0 Å². The van der Waals surface area contributed by atoms with Gasteiger partial charge in [-0.1, -0.05) is 6.07 Å². The highest BCUT2D eigenvalue weighted by Crippen LogP contribution is 2.22. The van der Waals surface area contributed by atoms with Gasteiger partial charge in [0.1, 0.15) is 0 Å². The first-order valence-electron chi connectivity index (χ1n) is 7.36. The van der Waals surface area contributed by atoms with Crippen LogP contribution in [0.15, 0.2) is 42.5 Å². The van der Waals surface area contributed by atoms with Crippen LogP contribution in [-0.4, -0.2) is 25.4 Å². The number of aliphatic hydroxyl groups excluding tert-OH is 1. The van der Waals surface area contributed by atoms with Crippen molar-refractivity contribution in [2.45, 2.75) is 13.0 Å². The predicted molar refractivity (Wildman–Crippen MR) is 86.9 cm³/mol. The Bertz CT molecular complexity index is 680. The van der Waals surface area contributed by atoms with Crippen LogP contribution in [-0.2, 0) is 6.54 Å². The van der Waals surface area contributed by atoms with Gasteiger partial charge in [0.25, 0.3) is 0 Å². The molecule has 4 nitrogen and oxygen atoms in total. The minimum atomic E-state index is -0.396. The molecule has 0 bridgehead atoms. The van der Waals surface area contributed by atoms with Crippen molar-refractivity contribution in [1.29, 1.82) is 5.26 Å². The summed E-state index contributed by atoms with van der Waals surface area (Å²) in [5.41, 5.74) is 2.32. The molecule has 2 rings (SSSR count). The highest BCUT2D eigenvalue weighted by atomic mass is 19.1. The Kier molecular flexibility index (Phi) is 5.95. The van der Waals surface area contributed by atoms with Gasteiger partial charge in [0.05, 0.1) is 18.7 Å². The first kappa shape index (κ1) is 16.8. The minimum Gasteiger partial charge on any atom is -0.494 e. The van der Waals surface area contributed by atoms with Gasteiger partial charge in [-0.25, -0.2) is 4.39 Å². The molecule has 1 N–H and O–H groups in total. The first-order valence-corrected chi connectivity index (χ1v) is 7.36. The lowest BCUT2D eigenvalue weighted by Gasteiger charge is -2.25. The van der Waals surface area contributed by atoms with Crippen LogP contribution in [0.3, 0.4) is 0 Å². The molecule has 0 atom stereocenters. The van der Waals surface area contributed by atoms with Gasteiger partial charge in [-0.05, 0) is 48.4 Å². The van der Waals surface area contributed by atoms with Crippen LogP contribution in [0.2, 0.25) is 0 Å². The monoisotopic (exact) mass is 314 g/mol. The van der Waals surface area contributed by atoms with E-state index in [0.717, 1.165) is 11.3 Å². The van der Waals surface area contributed by atoms with Crippen LogP contribution < -0.4 is 9.64 Å². The van der Waals surface area contributed by atoms with E-state index >= 15 is 0 Å². The van der Waals surface area contributed by atoms with E-state index in [4.69, 9.17) is 15.1 Å². The number of hydrogen-bond acceptors (Lipinski definition) is 4. The van der Waals surface area contributed by atoms with Crippen molar-refractivity contribution < 1.29 is 14.2 Å². The van der Waals surface area contributed by atoms with E-state index in [1.807, 2.05) is 23.1 Å². The normalized spacial score (nSPS) is 10.2. The van der Waals surface area contributed by atoms with Gasteiger partial charge in [-0.2, -0.15) is 5.26 Å². The molecule has 0 unspecified atom stereocenters. The van der Waals surface area contributed by atoms with Gasteiger partial charge >= 0.3 is 0 Å². The van der Waals surface area contributed by atoms with Crippen molar-refractivity contribution >= 4 is 5.69 Å². The Hall–Kier alpha value is -2.58. The van der Waals surface area contributed by atoms with Crippen molar-refractivity contribution in [3.05, 3.63) is 59.4 Å². The maximum Gasteiger partial charge on any atom is 0.165 e. The van der Waals surface area contributed by atoms with Gasteiger partial charge in [-0.3, -0.25) is 0 Å². The molecular formula is C18H19FN2O2. The lowest BCUT2D eigenvalue weighted by atomic mass is 10.1. The second-order valence-electron chi connectivity index (χ2n) is 5.13. The van der Waals surface area contributed by atoms with E-state index in [9.17, 15) is 4.39 Å². The Balaban J connectivity index is 2.20. The summed E-state index contributed by atoms with van der Waals surface area (Å²) in [5, 5.41) is 17.9. The fraction of sp³-hybridized carbons (Fsp3) is 0.278. The van der Waals surface area contributed by atoms with Crippen LogP contribution in [0, 0.1) is 17.1 Å². The Morgan fingerprint density at radius 3 is 2.52 bits per heavy atom. The molecule has 23 heavy (non-hydrogen) atoms. The van der Waals surface area contributed by atoms with Gasteiger partial charge in [0.15, 0.2) is 11.6 Å². The van der Waals surface area contributed by atoms with Gasteiger partial charge in [0, 0.05) is 25.4 Å². The number of ether oxygens (including phenoxy) is 1. The summed E-state index contributed by atoms with van der Waals surface area (Å²) < 4.78 is 18.8. The largest absolute Gasteiger partial charge is 0.494 e. The second kappa shape index (κ2) is 8.16. The molecule has 0 fully saturated rings. The molecule has 2 aromatic rings. The number of benzene rings is 2. The molecule has 0 amide bonds. The van der Waals surface area contributed by atoms with Crippen molar-refractivity contribution in [3.8, 4) is 11.8 Å². The van der Waals surface area contributed by atoms with E-state index in [2.05, 4.69) is 6.07 Å². The summed E-state index contributed by atoms with van der Waals surface area (Å²) in [7, 11) is 1.43. The summed E-state index contributed by atoms with van der Waals surface area (Å²) in [4.78, 5) is 2.04. The zero-order valence-electron chi connectivity index (χ0n) is 13.0. The van der Waals surface area contributed by atoms with E-state index in [-0.39, 0.29) is 12.4 Å². The molecule has 2 aromatic carbocycles. The number of methoxy groups -OCH3 is 1. The van der Waals surface area contributed by atoms with Crippen LogP contribution in [0.4, 0.5) is 10.1 Å². The van der Waals surface area contributed by atoms with Crippen molar-refractivity contribution in [2.75, 3.05) is 25.2 Å². The van der Waals surface area contributed by atoms with Crippen molar-refractivity contribution in [3.63, 3.8) is 0 Å². The number of anilines is 1. The van der Waals surface area contributed by atoms with E-state index in [1.54, 1.807) is 18.2 Å². The number of nitriles is 1. The number of hydrogen-bond donors (Lipinski definition) is 1. The van der Waals surface area contributed by atoms with E-state index < -0.39 is 5.82 Å². The van der Waals surface area contributed by atoms with Crippen LogP contribution in [0.5, 0.6) is 5.75 Å². The highest BCUT2D eigenvalue weighted by molar-refractivity contribution is 5.50. The third-order valence-electron chi connectivity index (χ3n) is 3.54. The lowest BCUT2D eigenvalue weighted by Crippen LogP contribution is -2.24. The average molecular weight is 314 g/mol. The second-order valence-corrected chi connectivity index (χ2v) is 5.13. The SMILES string of the molecule is COc1ccc(CN(CCCO)c2ccc(C#N)cc2)cc1F. The molecule has 0 aliphatic carbocycles. The maximum atomic E-state index is 13.8. The van der Waals surface area contributed by atoms with Crippen LogP contribution in [0.25, 0.3) is 0 Å². The summed E-state index contributed by atoms with van der Waals surface area (Å²) in [5.74, 6) is -0.180. The molecule has 5 heteroatoms. The molecule has 0 spiro atoms. The fourth-order valence-electron chi connectivity index (χ4n) is 2.34. The molecule has 0 aromatic heterocycles. The summed E-state index contributed by atoms with van der Waals surface area (Å²) in [6.45, 7) is 1.23. The third kappa shape index (κ3) is 4.44. The predicted octanol–water partition coefficient (Wildman–Crippen LogP) is 3.09. The standard InChI is InChI=1S/C18H19FN2O2/c1-23-18-8-5-15(11-17(18)19)13-21(9-2-10-22)16-6-3-14(12-20)4-7-16/h3-8,11,22H,2,9-10,13H2,1H3. The Labute approximate surface area is 135 Å². The number of aliphatic hydroxyl groups is 1. The zero-order valence-corrected chi connectivity index (χ0v) is 13.0.